The van der Waals surface area contributed by atoms with Crippen molar-refractivity contribution in [1.29, 1.82) is 0 Å². The molecule has 1 aromatic heterocycles. The maximum absolute atomic E-state index is 13.4. The average molecular weight is 452 g/mol. The van der Waals surface area contributed by atoms with Crippen LogP contribution in [0.5, 0.6) is 5.88 Å². The van der Waals surface area contributed by atoms with E-state index in [1.165, 1.54) is 23.3 Å². The van der Waals surface area contributed by atoms with Gasteiger partial charge in [0.15, 0.2) is 0 Å². The molecule has 0 saturated heterocycles. The highest BCUT2D eigenvalue weighted by atomic mass is 32.2. The van der Waals surface area contributed by atoms with E-state index in [2.05, 4.69) is 11.1 Å². The number of carbonyl (C=O) groups excluding carboxylic acids is 1. The topological polar surface area (TPSA) is 100 Å². The zero-order valence-corrected chi connectivity index (χ0v) is 19.6. The summed E-state index contributed by atoms with van der Waals surface area (Å²) >= 11 is 0. The molecule has 0 aromatic carbocycles. The third-order valence-electron chi connectivity index (χ3n) is 6.19. The molecule has 9 heteroatoms. The number of hydrogen-bond acceptors (Lipinski definition) is 6. The van der Waals surface area contributed by atoms with E-state index in [1.807, 2.05) is 13.0 Å². The van der Waals surface area contributed by atoms with E-state index >= 15 is 0 Å². The molecule has 8 nitrogen and oxygen atoms in total. The van der Waals surface area contributed by atoms with Crippen molar-refractivity contribution in [3.8, 4) is 5.88 Å². The standard InChI is InChI=1S/C22H33N3O5S/c1-15-12-25(16(2)14-26)22(27)19-10-18(17-8-6-5-7-9-17)11-23-21(19)30-20(15)13-24(3)31(4,28)29/h8,10-11,15-16,20,26H,5-7,9,12-14H2,1-4H3/t15-,16-,20-/m0/s1. The molecule has 3 rings (SSSR count). The van der Waals surface area contributed by atoms with E-state index in [0.29, 0.717) is 12.1 Å². The van der Waals surface area contributed by atoms with Gasteiger partial charge in [-0.25, -0.2) is 17.7 Å². The summed E-state index contributed by atoms with van der Waals surface area (Å²) < 4.78 is 31.3. The molecule has 0 saturated carbocycles. The number of ether oxygens (including phenoxy) is 1. The molecule has 2 aliphatic rings. The van der Waals surface area contributed by atoms with Gasteiger partial charge < -0.3 is 14.7 Å². The van der Waals surface area contributed by atoms with Crippen molar-refractivity contribution in [1.82, 2.24) is 14.2 Å². The van der Waals surface area contributed by atoms with Crippen molar-refractivity contribution in [3.05, 3.63) is 29.5 Å². The van der Waals surface area contributed by atoms with Crippen LogP contribution in [0.3, 0.4) is 0 Å². The number of aromatic nitrogens is 1. The first-order chi connectivity index (χ1) is 14.6. The van der Waals surface area contributed by atoms with Gasteiger partial charge in [0.2, 0.25) is 15.9 Å². The lowest BCUT2D eigenvalue weighted by atomic mass is 9.93. The smallest absolute Gasteiger partial charge is 0.259 e. The zero-order valence-electron chi connectivity index (χ0n) is 18.7. The first kappa shape index (κ1) is 23.7. The molecule has 172 valence electrons. The fourth-order valence-electron chi connectivity index (χ4n) is 3.98. The molecule has 1 aliphatic heterocycles. The predicted molar refractivity (Wildman–Crippen MR) is 119 cm³/mol. The molecule has 1 N–H and O–H groups in total. The summed E-state index contributed by atoms with van der Waals surface area (Å²) in [5.41, 5.74) is 2.44. The summed E-state index contributed by atoms with van der Waals surface area (Å²) in [4.78, 5) is 19.5. The van der Waals surface area contributed by atoms with Gasteiger partial charge in [-0.15, -0.1) is 0 Å². The van der Waals surface area contributed by atoms with E-state index in [4.69, 9.17) is 4.74 Å². The third kappa shape index (κ3) is 5.45. The number of likely N-dealkylation sites (N-methyl/N-ethyl adjacent to an activating group) is 1. The summed E-state index contributed by atoms with van der Waals surface area (Å²) in [6.07, 6.45) is 8.83. The van der Waals surface area contributed by atoms with Crippen LogP contribution in [-0.2, 0) is 10.0 Å². The number of aliphatic hydroxyl groups excluding tert-OH is 1. The molecular formula is C22H33N3O5S. The van der Waals surface area contributed by atoms with Crippen LogP contribution >= 0.6 is 0 Å². The molecule has 0 bridgehead atoms. The number of amides is 1. The maximum atomic E-state index is 13.4. The van der Waals surface area contributed by atoms with Crippen LogP contribution in [-0.4, -0.2) is 78.8 Å². The Kier molecular flexibility index (Phi) is 7.39. The summed E-state index contributed by atoms with van der Waals surface area (Å²) in [5, 5.41) is 9.74. The van der Waals surface area contributed by atoms with Gasteiger partial charge >= 0.3 is 0 Å². The Morgan fingerprint density at radius 2 is 2.13 bits per heavy atom. The Bertz CT molecular complexity index is 946. The van der Waals surface area contributed by atoms with Crippen LogP contribution in [0.4, 0.5) is 0 Å². The maximum Gasteiger partial charge on any atom is 0.259 e. The summed E-state index contributed by atoms with van der Waals surface area (Å²) in [7, 11) is -1.88. The van der Waals surface area contributed by atoms with Crippen LogP contribution in [0.25, 0.3) is 5.57 Å². The number of pyridine rings is 1. The van der Waals surface area contributed by atoms with E-state index in [1.54, 1.807) is 18.0 Å². The molecule has 0 radical (unpaired) electrons. The number of carbonyl (C=O) groups is 1. The van der Waals surface area contributed by atoms with E-state index in [9.17, 15) is 18.3 Å². The minimum atomic E-state index is -3.39. The highest BCUT2D eigenvalue weighted by Crippen LogP contribution is 2.32. The fourth-order valence-corrected chi connectivity index (χ4v) is 4.40. The molecule has 0 spiro atoms. The lowest BCUT2D eigenvalue weighted by Crippen LogP contribution is -2.50. The summed E-state index contributed by atoms with van der Waals surface area (Å²) in [5.74, 6) is -0.194. The lowest BCUT2D eigenvalue weighted by molar-refractivity contribution is 0.0373. The Balaban J connectivity index is 2.02. The number of rotatable bonds is 6. The monoisotopic (exact) mass is 451 g/mol. The first-order valence-corrected chi connectivity index (χ1v) is 12.7. The van der Waals surface area contributed by atoms with Crippen LogP contribution < -0.4 is 4.74 Å². The fraction of sp³-hybridized carbons (Fsp3) is 0.636. The minimum Gasteiger partial charge on any atom is -0.472 e. The van der Waals surface area contributed by atoms with Crippen molar-refractivity contribution in [2.45, 2.75) is 51.7 Å². The lowest BCUT2D eigenvalue weighted by Gasteiger charge is -2.37. The molecule has 2 heterocycles. The third-order valence-corrected chi connectivity index (χ3v) is 7.47. The Hall–Kier alpha value is -1.97. The largest absolute Gasteiger partial charge is 0.472 e. The normalized spacial score (nSPS) is 23.5. The van der Waals surface area contributed by atoms with Crippen molar-refractivity contribution >= 4 is 21.5 Å². The minimum absolute atomic E-state index is 0.142. The second-order valence-corrected chi connectivity index (χ2v) is 10.8. The van der Waals surface area contributed by atoms with Crippen LogP contribution in [0.15, 0.2) is 18.3 Å². The molecule has 0 unspecified atom stereocenters. The van der Waals surface area contributed by atoms with E-state index in [-0.39, 0.29) is 36.9 Å². The molecular weight excluding hydrogens is 418 g/mol. The van der Waals surface area contributed by atoms with E-state index < -0.39 is 16.1 Å². The number of nitrogens with zero attached hydrogens (tertiary/aromatic N) is 3. The number of aliphatic hydroxyl groups is 1. The number of hydrogen-bond donors (Lipinski definition) is 1. The quantitative estimate of drug-likeness (QED) is 0.711. The Morgan fingerprint density at radius 1 is 1.39 bits per heavy atom. The number of sulfonamides is 1. The molecule has 0 fully saturated rings. The van der Waals surface area contributed by atoms with Crippen molar-refractivity contribution in [2.75, 3.05) is 33.0 Å². The van der Waals surface area contributed by atoms with Gasteiger partial charge in [0.25, 0.3) is 5.91 Å². The average Bonchev–Trinajstić information content (AvgIpc) is 2.75. The molecule has 31 heavy (non-hydrogen) atoms. The van der Waals surface area contributed by atoms with Crippen LogP contribution in [0.1, 0.15) is 55.5 Å². The zero-order chi connectivity index (χ0) is 22.8. The highest BCUT2D eigenvalue weighted by Gasteiger charge is 2.35. The predicted octanol–water partition coefficient (Wildman–Crippen LogP) is 2.15. The first-order valence-electron chi connectivity index (χ1n) is 10.8. The van der Waals surface area contributed by atoms with Gasteiger partial charge in [0, 0.05) is 25.7 Å². The van der Waals surface area contributed by atoms with Gasteiger partial charge in [0.05, 0.1) is 25.4 Å². The molecule has 3 atom stereocenters. The van der Waals surface area contributed by atoms with Crippen LogP contribution in [0, 0.1) is 5.92 Å². The van der Waals surface area contributed by atoms with Gasteiger partial charge in [-0.2, -0.15) is 0 Å². The second-order valence-electron chi connectivity index (χ2n) is 8.72. The van der Waals surface area contributed by atoms with Gasteiger partial charge in [-0.1, -0.05) is 13.0 Å². The van der Waals surface area contributed by atoms with Crippen molar-refractivity contribution in [2.24, 2.45) is 5.92 Å². The van der Waals surface area contributed by atoms with Gasteiger partial charge in [0.1, 0.15) is 11.7 Å². The van der Waals surface area contributed by atoms with Crippen molar-refractivity contribution in [3.63, 3.8) is 0 Å². The molecule has 1 aliphatic carbocycles. The molecule has 1 amide bonds. The Morgan fingerprint density at radius 3 is 2.74 bits per heavy atom. The number of fused-ring (bicyclic) bond motifs is 1. The highest BCUT2D eigenvalue weighted by molar-refractivity contribution is 7.88. The van der Waals surface area contributed by atoms with Crippen LogP contribution in [0.2, 0.25) is 0 Å². The van der Waals surface area contributed by atoms with E-state index in [0.717, 1.165) is 31.1 Å². The summed E-state index contributed by atoms with van der Waals surface area (Å²) in [6.45, 7) is 4.03. The molecule has 1 aromatic rings. The van der Waals surface area contributed by atoms with Gasteiger partial charge in [-0.3, -0.25) is 4.79 Å². The second kappa shape index (κ2) is 9.67. The Labute approximate surface area is 185 Å². The SMILES string of the molecule is C[C@H]1CN([C@@H](C)CO)C(=O)c2cc(C3=CCCCC3)cnc2O[C@H]1CN(C)S(C)(=O)=O. The van der Waals surface area contributed by atoms with Gasteiger partial charge in [-0.05, 0) is 49.8 Å². The number of allylic oxidation sites excluding steroid dienone is 2. The summed E-state index contributed by atoms with van der Waals surface area (Å²) in [6, 6.07) is 1.44. The van der Waals surface area contributed by atoms with Crippen molar-refractivity contribution < 1.29 is 23.1 Å².